The van der Waals surface area contributed by atoms with Gasteiger partial charge in [-0.05, 0) is 43.0 Å². The number of pyridine rings is 1. The Balaban J connectivity index is 1.50. The lowest BCUT2D eigenvalue weighted by Gasteiger charge is -2.19. The van der Waals surface area contributed by atoms with Gasteiger partial charge in [0.1, 0.15) is 11.6 Å². The summed E-state index contributed by atoms with van der Waals surface area (Å²) < 4.78 is 19.5. The number of hydrogen-bond acceptors (Lipinski definition) is 5. The van der Waals surface area contributed by atoms with Gasteiger partial charge in [0.15, 0.2) is 0 Å². The smallest absolute Gasteiger partial charge is 0.257 e. The Morgan fingerprint density at radius 2 is 1.91 bits per heavy atom. The van der Waals surface area contributed by atoms with Crippen LogP contribution in [0.5, 0.6) is 5.88 Å². The molecular weight excluding hydrogens is 454 g/mol. The molecule has 1 fully saturated rings. The number of halogens is 3. The van der Waals surface area contributed by atoms with Crippen molar-refractivity contribution in [3.8, 4) is 5.88 Å². The molecule has 6 nitrogen and oxygen atoms in total. The van der Waals surface area contributed by atoms with E-state index in [4.69, 9.17) is 27.9 Å². The van der Waals surface area contributed by atoms with Gasteiger partial charge in [0.05, 0.1) is 22.2 Å². The van der Waals surface area contributed by atoms with Gasteiger partial charge in [0.25, 0.3) is 5.91 Å². The molecule has 0 saturated carbocycles. The fraction of sp³-hybridized carbons (Fsp3) is 0.304. The number of benzene rings is 1. The standard InChI is InChI=1S/C23H21Cl2FN4O2/c1-14-27-9-17(10-28-14)23(31)30-12-16(6-7-32-22-5-3-18(24)11-29-22)19(13-30)15-2-4-21(26)20(25)8-15/h2-5,8-11,16,19H,6-7,12-13H2,1H3/t16-,19+/m0/s1. The third-order valence-electron chi connectivity index (χ3n) is 5.57. The van der Waals surface area contributed by atoms with Crippen LogP contribution in [0.4, 0.5) is 4.39 Å². The highest BCUT2D eigenvalue weighted by molar-refractivity contribution is 6.30. The Bertz CT molecular complexity index is 1100. The summed E-state index contributed by atoms with van der Waals surface area (Å²) in [6, 6.07) is 8.15. The molecule has 1 aliphatic rings. The zero-order valence-corrected chi connectivity index (χ0v) is 18.9. The molecule has 166 valence electrons. The molecule has 32 heavy (non-hydrogen) atoms. The zero-order chi connectivity index (χ0) is 22.7. The normalized spacial score (nSPS) is 18.1. The Kier molecular flexibility index (Phi) is 6.86. The highest BCUT2D eigenvalue weighted by Crippen LogP contribution is 2.37. The topological polar surface area (TPSA) is 68.2 Å². The van der Waals surface area contributed by atoms with Gasteiger partial charge in [-0.2, -0.15) is 0 Å². The fourth-order valence-electron chi connectivity index (χ4n) is 3.90. The van der Waals surface area contributed by atoms with E-state index in [0.29, 0.717) is 48.4 Å². The van der Waals surface area contributed by atoms with Crippen molar-refractivity contribution < 1.29 is 13.9 Å². The number of hydrogen-bond donors (Lipinski definition) is 0. The van der Waals surface area contributed by atoms with Gasteiger partial charge in [-0.1, -0.05) is 29.3 Å². The van der Waals surface area contributed by atoms with Crippen LogP contribution in [0.25, 0.3) is 0 Å². The van der Waals surface area contributed by atoms with Gasteiger partial charge in [-0.25, -0.2) is 19.3 Å². The molecule has 2 atom stereocenters. The second kappa shape index (κ2) is 9.79. The van der Waals surface area contributed by atoms with Gasteiger partial charge in [0, 0.05) is 43.7 Å². The molecule has 1 saturated heterocycles. The minimum Gasteiger partial charge on any atom is -0.478 e. The minimum absolute atomic E-state index is 0.00908. The SMILES string of the molecule is Cc1ncc(C(=O)N2C[C@H](CCOc3ccc(Cl)cn3)[C@@H](c3ccc(F)c(Cl)c3)C2)cn1. The number of aryl methyl sites for hydroxylation is 1. The van der Waals surface area contributed by atoms with E-state index in [1.54, 1.807) is 36.1 Å². The van der Waals surface area contributed by atoms with Gasteiger partial charge in [-0.15, -0.1) is 0 Å². The van der Waals surface area contributed by atoms with Crippen molar-refractivity contribution in [2.75, 3.05) is 19.7 Å². The van der Waals surface area contributed by atoms with E-state index < -0.39 is 5.82 Å². The van der Waals surface area contributed by atoms with Crippen molar-refractivity contribution in [3.05, 3.63) is 81.7 Å². The van der Waals surface area contributed by atoms with Crippen LogP contribution < -0.4 is 4.74 Å². The van der Waals surface area contributed by atoms with E-state index in [-0.39, 0.29) is 22.8 Å². The van der Waals surface area contributed by atoms with Crippen LogP contribution in [0, 0.1) is 18.7 Å². The van der Waals surface area contributed by atoms with Crippen LogP contribution in [0.1, 0.15) is 34.1 Å². The van der Waals surface area contributed by atoms with Crippen LogP contribution in [0.2, 0.25) is 10.0 Å². The molecule has 0 bridgehead atoms. The molecule has 3 heterocycles. The average molecular weight is 475 g/mol. The molecule has 1 aliphatic heterocycles. The van der Waals surface area contributed by atoms with Crippen LogP contribution in [-0.2, 0) is 0 Å². The van der Waals surface area contributed by atoms with Crippen LogP contribution in [-0.4, -0.2) is 45.5 Å². The van der Waals surface area contributed by atoms with Crippen molar-refractivity contribution in [3.63, 3.8) is 0 Å². The van der Waals surface area contributed by atoms with Crippen molar-refractivity contribution in [1.29, 1.82) is 0 Å². The molecule has 0 aliphatic carbocycles. The van der Waals surface area contributed by atoms with E-state index in [9.17, 15) is 9.18 Å². The molecule has 1 aromatic carbocycles. The van der Waals surface area contributed by atoms with Gasteiger partial charge < -0.3 is 9.64 Å². The Hall–Kier alpha value is -2.77. The molecule has 2 aromatic heterocycles. The molecule has 3 aromatic rings. The number of carbonyl (C=O) groups is 1. The number of nitrogens with zero attached hydrogens (tertiary/aromatic N) is 4. The highest BCUT2D eigenvalue weighted by Gasteiger charge is 2.36. The predicted octanol–water partition coefficient (Wildman–Crippen LogP) is 4.95. The first-order chi connectivity index (χ1) is 15.4. The van der Waals surface area contributed by atoms with E-state index >= 15 is 0 Å². The number of rotatable bonds is 6. The maximum Gasteiger partial charge on any atom is 0.257 e. The third kappa shape index (κ3) is 5.16. The predicted molar refractivity (Wildman–Crippen MR) is 120 cm³/mol. The maximum absolute atomic E-state index is 13.7. The summed E-state index contributed by atoms with van der Waals surface area (Å²) in [6.07, 6.45) is 5.28. The van der Waals surface area contributed by atoms with E-state index in [1.165, 1.54) is 24.7 Å². The lowest BCUT2D eigenvalue weighted by molar-refractivity contribution is 0.0783. The van der Waals surface area contributed by atoms with Crippen LogP contribution in [0.15, 0.2) is 48.9 Å². The summed E-state index contributed by atoms with van der Waals surface area (Å²) in [7, 11) is 0. The third-order valence-corrected chi connectivity index (χ3v) is 6.08. The molecule has 1 amide bonds. The summed E-state index contributed by atoms with van der Waals surface area (Å²) in [4.78, 5) is 27.2. The van der Waals surface area contributed by atoms with E-state index in [1.807, 2.05) is 0 Å². The van der Waals surface area contributed by atoms with Crippen molar-refractivity contribution in [2.24, 2.45) is 5.92 Å². The zero-order valence-electron chi connectivity index (χ0n) is 17.3. The quantitative estimate of drug-likeness (QED) is 0.505. The second-order valence-electron chi connectivity index (χ2n) is 7.72. The number of amides is 1. The van der Waals surface area contributed by atoms with Gasteiger partial charge in [-0.3, -0.25) is 4.79 Å². The molecule has 0 N–H and O–H groups in total. The Labute approximate surface area is 195 Å². The molecule has 4 rings (SSSR count). The van der Waals surface area contributed by atoms with Crippen molar-refractivity contribution in [1.82, 2.24) is 19.9 Å². The fourth-order valence-corrected chi connectivity index (χ4v) is 4.20. The van der Waals surface area contributed by atoms with Crippen molar-refractivity contribution >= 4 is 29.1 Å². The summed E-state index contributed by atoms with van der Waals surface area (Å²) in [5.74, 6) is 0.577. The monoisotopic (exact) mass is 474 g/mol. The highest BCUT2D eigenvalue weighted by atomic mass is 35.5. The second-order valence-corrected chi connectivity index (χ2v) is 8.56. The van der Waals surface area contributed by atoms with Gasteiger partial charge in [0.2, 0.25) is 5.88 Å². The number of ether oxygens (including phenoxy) is 1. The lowest BCUT2D eigenvalue weighted by atomic mass is 9.87. The van der Waals surface area contributed by atoms with Crippen LogP contribution in [0.3, 0.4) is 0 Å². The minimum atomic E-state index is -0.466. The average Bonchev–Trinajstić information content (AvgIpc) is 3.21. The first-order valence-corrected chi connectivity index (χ1v) is 10.9. The lowest BCUT2D eigenvalue weighted by Crippen LogP contribution is -2.29. The molecule has 0 unspecified atom stereocenters. The first kappa shape index (κ1) is 22.4. The number of likely N-dealkylation sites (tertiary alicyclic amines) is 1. The van der Waals surface area contributed by atoms with Crippen LogP contribution >= 0.6 is 23.2 Å². The van der Waals surface area contributed by atoms with E-state index in [0.717, 1.165) is 5.56 Å². The summed E-state index contributed by atoms with van der Waals surface area (Å²) in [5, 5.41) is 0.607. The molecule has 0 radical (unpaired) electrons. The van der Waals surface area contributed by atoms with E-state index in [2.05, 4.69) is 15.0 Å². The Morgan fingerprint density at radius 1 is 1.12 bits per heavy atom. The Morgan fingerprint density at radius 3 is 2.59 bits per heavy atom. The maximum atomic E-state index is 13.7. The summed E-state index contributed by atoms with van der Waals surface area (Å²) in [5.41, 5.74) is 1.33. The summed E-state index contributed by atoms with van der Waals surface area (Å²) >= 11 is 11.9. The van der Waals surface area contributed by atoms with Crippen molar-refractivity contribution in [2.45, 2.75) is 19.3 Å². The molecule has 9 heteroatoms. The summed E-state index contributed by atoms with van der Waals surface area (Å²) in [6.45, 7) is 3.20. The number of carbonyl (C=O) groups excluding carboxylic acids is 1. The first-order valence-electron chi connectivity index (χ1n) is 10.2. The van der Waals surface area contributed by atoms with Gasteiger partial charge >= 0.3 is 0 Å². The molecular formula is C23H21Cl2FN4O2. The molecule has 0 spiro atoms. The largest absolute Gasteiger partial charge is 0.478 e. The number of aromatic nitrogens is 3.